The number of carboxylic acid groups (broad SMARTS) is 1. The monoisotopic (exact) mass is 482 g/mol. The maximum atomic E-state index is 13.9. The highest BCUT2D eigenvalue weighted by Gasteiger charge is 2.29. The van der Waals surface area contributed by atoms with Gasteiger partial charge >= 0.3 is 5.97 Å². The van der Waals surface area contributed by atoms with E-state index in [4.69, 9.17) is 0 Å². The molecule has 7 nitrogen and oxygen atoms in total. The molecule has 0 radical (unpaired) electrons. The van der Waals surface area contributed by atoms with Crippen molar-refractivity contribution in [1.82, 2.24) is 4.98 Å². The second-order valence-corrected chi connectivity index (χ2v) is 10.6. The number of fused-ring (bicyclic) bond motifs is 1. The Morgan fingerprint density at radius 2 is 1.91 bits per heavy atom. The van der Waals surface area contributed by atoms with Crippen molar-refractivity contribution in [2.45, 2.75) is 19.8 Å². The number of aryl methyl sites for hydroxylation is 1. The Hall–Kier alpha value is -3.72. The maximum Gasteiger partial charge on any atom is 0.337 e. The fraction of sp³-hybridized carbons (Fsp3) is 0.200. The number of carbonyl (C=O) groups is 2. The topological polar surface area (TPSA) is 116 Å². The van der Waals surface area contributed by atoms with E-state index in [-0.39, 0.29) is 30.1 Å². The average Bonchev–Trinajstić information content (AvgIpc) is 3.23. The summed E-state index contributed by atoms with van der Waals surface area (Å²) in [6.07, 6.45) is 3.16. The maximum absolute atomic E-state index is 13.9. The lowest BCUT2D eigenvalue weighted by Crippen LogP contribution is -2.07. The molecule has 176 valence electrons. The highest BCUT2D eigenvalue weighted by molar-refractivity contribution is 7.90. The van der Waals surface area contributed by atoms with E-state index in [1.165, 1.54) is 12.1 Å². The first-order valence-electron chi connectivity index (χ1n) is 10.6. The van der Waals surface area contributed by atoms with Gasteiger partial charge in [0.25, 0.3) is 5.91 Å². The lowest BCUT2D eigenvalue weighted by molar-refractivity contribution is -0.110. The number of rotatable bonds is 7. The molecule has 0 saturated carbocycles. The number of halogens is 1. The Balaban J connectivity index is 1.85. The van der Waals surface area contributed by atoms with Crippen LogP contribution in [0.25, 0.3) is 22.8 Å². The molecule has 0 aliphatic carbocycles. The smallest absolute Gasteiger partial charge is 0.337 e. The molecule has 1 aromatic heterocycles. The van der Waals surface area contributed by atoms with Crippen LogP contribution in [0.5, 0.6) is 0 Å². The summed E-state index contributed by atoms with van der Waals surface area (Å²) < 4.78 is 37.0. The van der Waals surface area contributed by atoms with Gasteiger partial charge in [-0.05, 0) is 60.7 Å². The third-order valence-electron chi connectivity index (χ3n) is 5.73. The second-order valence-electron chi connectivity index (χ2n) is 8.31. The number of aromatic amines is 1. The lowest BCUT2D eigenvalue weighted by atomic mass is 9.93. The van der Waals surface area contributed by atoms with Gasteiger partial charge in [-0.2, -0.15) is 0 Å². The highest BCUT2D eigenvalue weighted by atomic mass is 32.2. The number of aromatic nitrogens is 1. The zero-order valence-corrected chi connectivity index (χ0v) is 19.4. The van der Waals surface area contributed by atoms with Crippen LogP contribution in [0.15, 0.2) is 42.5 Å². The minimum atomic E-state index is -3.21. The van der Waals surface area contributed by atoms with E-state index < -0.39 is 21.6 Å². The van der Waals surface area contributed by atoms with Gasteiger partial charge in [-0.1, -0.05) is 24.3 Å². The Bertz CT molecular complexity index is 1450. The molecule has 0 saturated heterocycles. The summed E-state index contributed by atoms with van der Waals surface area (Å²) in [4.78, 5) is 27.9. The molecule has 0 bridgehead atoms. The predicted octanol–water partition coefficient (Wildman–Crippen LogP) is 4.30. The predicted molar refractivity (Wildman–Crippen MR) is 129 cm³/mol. The van der Waals surface area contributed by atoms with Gasteiger partial charge < -0.3 is 15.4 Å². The fourth-order valence-electron chi connectivity index (χ4n) is 4.31. The summed E-state index contributed by atoms with van der Waals surface area (Å²) in [5, 5.41) is 12.5. The van der Waals surface area contributed by atoms with Gasteiger partial charge in [0.05, 0.1) is 16.9 Å². The van der Waals surface area contributed by atoms with Crippen LogP contribution in [0.4, 0.5) is 10.1 Å². The van der Waals surface area contributed by atoms with Crippen LogP contribution in [0.2, 0.25) is 0 Å². The molecular weight excluding hydrogens is 459 g/mol. The van der Waals surface area contributed by atoms with Crippen molar-refractivity contribution in [3.05, 3.63) is 76.4 Å². The van der Waals surface area contributed by atoms with Crippen LogP contribution < -0.4 is 5.32 Å². The van der Waals surface area contributed by atoms with Gasteiger partial charge in [-0.3, -0.25) is 4.79 Å². The van der Waals surface area contributed by atoms with Crippen molar-refractivity contribution in [2.75, 3.05) is 17.3 Å². The van der Waals surface area contributed by atoms with Crippen molar-refractivity contribution in [3.63, 3.8) is 0 Å². The molecule has 0 spiro atoms. The van der Waals surface area contributed by atoms with Gasteiger partial charge in [0.2, 0.25) is 0 Å². The number of anilines is 1. The molecule has 2 heterocycles. The van der Waals surface area contributed by atoms with Crippen molar-refractivity contribution in [2.24, 2.45) is 0 Å². The van der Waals surface area contributed by atoms with Crippen LogP contribution in [0.3, 0.4) is 0 Å². The normalized spacial score (nSPS) is 14.3. The number of carbonyl (C=O) groups excluding carboxylic acids is 1. The first-order chi connectivity index (χ1) is 16.0. The molecule has 3 N–H and O–H groups in total. The highest BCUT2D eigenvalue weighted by Crippen LogP contribution is 2.41. The second kappa shape index (κ2) is 8.90. The largest absolute Gasteiger partial charge is 0.478 e. The molecule has 3 aromatic rings. The minimum absolute atomic E-state index is 0.0670. The minimum Gasteiger partial charge on any atom is -0.478 e. The number of sulfone groups is 1. The summed E-state index contributed by atoms with van der Waals surface area (Å²) in [6, 6.07) is 11.4. The summed E-state index contributed by atoms with van der Waals surface area (Å²) in [7, 11) is -3.21. The molecule has 4 rings (SSSR count). The van der Waals surface area contributed by atoms with E-state index >= 15 is 0 Å². The zero-order chi connectivity index (χ0) is 24.6. The lowest BCUT2D eigenvalue weighted by Gasteiger charge is -2.09. The average molecular weight is 483 g/mol. The van der Waals surface area contributed by atoms with Crippen molar-refractivity contribution in [3.8, 4) is 11.1 Å². The van der Waals surface area contributed by atoms with Crippen LogP contribution in [0, 0.1) is 12.7 Å². The molecule has 0 unspecified atom stereocenters. The van der Waals surface area contributed by atoms with E-state index in [0.29, 0.717) is 44.9 Å². The third kappa shape index (κ3) is 4.65. The third-order valence-corrected chi connectivity index (χ3v) is 6.76. The number of H-pyrrole nitrogens is 1. The van der Waals surface area contributed by atoms with Gasteiger partial charge in [0.15, 0.2) is 0 Å². The summed E-state index contributed by atoms with van der Waals surface area (Å²) in [6.45, 7) is 1.62. The quantitative estimate of drug-likeness (QED) is 0.434. The number of benzene rings is 2. The van der Waals surface area contributed by atoms with E-state index in [2.05, 4.69) is 10.3 Å². The molecular formula is C25H23FN2O5S. The van der Waals surface area contributed by atoms with Crippen LogP contribution in [0.1, 0.15) is 39.3 Å². The van der Waals surface area contributed by atoms with Crippen molar-refractivity contribution >= 4 is 39.1 Å². The number of amides is 1. The molecule has 0 fully saturated rings. The first-order valence-corrected chi connectivity index (χ1v) is 12.7. The summed E-state index contributed by atoms with van der Waals surface area (Å²) in [5.74, 6) is -1.99. The zero-order valence-electron chi connectivity index (χ0n) is 18.6. The van der Waals surface area contributed by atoms with E-state index in [0.717, 1.165) is 6.26 Å². The van der Waals surface area contributed by atoms with Gasteiger partial charge in [-0.15, -0.1) is 0 Å². The Morgan fingerprint density at radius 1 is 1.18 bits per heavy atom. The van der Waals surface area contributed by atoms with Crippen molar-refractivity contribution in [1.29, 1.82) is 0 Å². The molecule has 9 heteroatoms. The fourth-order valence-corrected chi connectivity index (χ4v) is 4.98. The van der Waals surface area contributed by atoms with Gasteiger partial charge in [0, 0.05) is 28.9 Å². The SMILES string of the molecule is Cc1[nH]c(/C=C2\C(=O)Nc3cccc(-c4cccc(F)c4)c32)c(CCCS(C)(=O)=O)c1C(=O)O. The van der Waals surface area contributed by atoms with Crippen molar-refractivity contribution < 1.29 is 27.5 Å². The van der Waals surface area contributed by atoms with Crippen LogP contribution in [-0.4, -0.2) is 42.4 Å². The molecule has 0 atom stereocenters. The van der Waals surface area contributed by atoms with Gasteiger partial charge in [-0.25, -0.2) is 17.6 Å². The Kier molecular flexibility index (Phi) is 6.14. The van der Waals surface area contributed by atoms with Gasteiger partial charge in [0.1, 0.15) is 15.7 Å². The number of carboxylic acids is 1. The number of hydrogen-bond donors (Lipinski definition) is 3. The van der Waals surface area contributed by atoms with Crippen LogP contribution >= 0.6 is 0 Å². The van der Waals surface area contributed by atoms with Crippen LogP contribution in [-0.2, 0) is 21.1 Å². The molecule has 2 aromatic carbocycles. The summed E-state index contributed by atoms with van der Waals surface area (Å²) in [5.41, 5.74) is 4.05. The molecule has 1 amide bonds. The van der Waals surface area contributed by atoms with E-state index in [1.807, 2.05) is 0 Å². The standard InChI is InChI=1S/C25H23FN2O5S/c1-14-22(25(30)31)18(9-5-11-34(2,32)33)21(27-14)13-19-23-17(15-6-3-7-16(26)12-15)8-4-10-20(23)28-24(19)29/h3-4,6-8,10,12-13,27H,5,9,11H2,1-2H3,(H,28,29)(H,30,31)/b19-13-. The number of hydrogen-bond acceptors (Lipinski definition) is 4. The number of nitrogens with one attached hydrogen (secondary N) is 2. The first kappa shape index (κ1) is 23.4. The molecule has 34 heavy (non-hydrogen) atoms. The number of aromatic carboxylic acids is 1. The Morgan fingerprint density at radius 3 is 2.59 bits per heavy atom. The summed E-state index contributed by atoms with van der Waals surface area (Å²) >= 11 is 0. The van der Waals surface area contributed by atoms with E-state index in [9.17, 15) is 27.5 Å². The van der Waals surface area contributed by atoms with E-state index in [1.54, 1.807) is 43.3 Å². The molecule has 1 aliphatic heterocycles. The molecule has 1 aliphatic rings. The Labute approximate surface area is 196 Å².